The van der Waals surface area contributed by atoms with Gasteiger partial charge in [0.25, 0.3) is 5.71 Å². The molecule has 152 valence electrons. The van der Waals surface area contributed by atoms with Gasteiger partial charge < -0.3 is 14.3 Å². The van der Waals surface area contributed by atoms with Crippen molar-refractivity contribution in [3.05, 3.63) is 66.2 Å². The molecule has 5 rings (SSSR count). The average molecular weight is 403 g/mol. The van der Waals surface area contributed by atoms with Gasteiger partial charge in [0.05, 0.1) is 0 Å². The number of fused-ring (bicyclic) bond motifs is 1. The molecule has 0 unspecified atom stereocenters. The zero-order valence-corrected chi connectivity index (χ0v) is 16.9. The summed E-state index contributed by atoms with van der Waals surface area (Å²) in [5, 5.41) is 4.97. The van der Waals surface area contributed by atoms with Crippen molar-refractivity contribution < 1.29 is 8.91 Å². The summed E-state index contributed by atoms with van der Waals surface area (Å²) in [6.07, 6.45) is 1.51. The molecule has 0 saturated carbocycles. The van der Waals surface area contributed by atoms with Gasteiger partial charge in [0.2, 0.25) is 0 Å². The summed E-state index contributed by atoms with van der Waals surface area (Å²) < 4.78 is 18.8. The first kappa shape index (κ1) is 18.5. The smallest absolute Gasteiger partial charge is 0.263 e. The van der Waals surface area contributed by atoms with E-state index in [2.05, 4.69) is 63.0 Å². The lowest BCUT2D eigenvalue weighted by atomic mass is 10.1. The van der Waals surface area contributed by atoms with E-state index < -0.39 is 0 Å². The summed E-state index contributed by atoms with van der Waals surface area (Å²) in [4.78, 5) is 13.5. The lowest BCUT2D eigenvalue weighted by molar-refractivity contribution is 0.451. The van der Waals surface area contributed by atoms with E-state index in [4.69, 9.17) is 4.52 Å². The molecule has 1 aliphatic heterocycles. The van der Waals surface area contributed by atoms with Crippen LogP contribution in [0.1, 0.15) is 12.5 Å². The molecule has 1 atom stereocenters. The molecule has 7 heteroatoms. The second kappa shape index (κ2) is 7.40. The maximum Gasteiger partial charge on any atom is 0.263 e. The van der Waals surface area contributed by atoms with Crippen molar-refractivity contribution in [3.63, 3.8) is 0 Å². The van der Waals surface area contributed by atoms with Crippen LogP contribution in [0.25, 0.3) is 22.4 Å². The second-order valence-electron chi connectivity index (χ2n) is 7.74. The Bertz CT molecular complexity index is 1190. The summed E-state index contributed by atoms with van der Waals surface area (Å²) in [7, 11) is 0. The summed E-state index contributed by atoms with van der Waals surface area (Å²) in [5.41, 5.74) is 4.35. The predicted octanol–water partition coefficient (Wildman–Crippen LogP) is 4.45. The molecule has 1 saturated heterocycles. The van der Waals surface area contributed by atoms with E-state index in [-0.39, 0.29) is 5.82 Å². The SMILES string of the molecule is Cc1cccc(N2CCN(c3ncnc4onc(-c5ccc(F)cc5)c34)C[C@H]2C)c1. The van der Waals surface area contributed by atoms with E-state index in [9.17, 15) is 4.39 Å². The quantitative estimate of drug-likeness (QED) is 0.504. The third-order valence-electron chi connectivity index (χ3n) is 5.63. The molecule has 3 heterocycles. The number of benzene rings is 2. The third-order valence-corrected chi connectivity index (χ3v) is 5.63. The number of hydrogen-bond donors (Lipinski definition) is 0. The van der Waals surface area contributed by atoms with Gasteiger partial charge in [-0.1, -0.05) is 17.3 Å². The Morgan fingerprint density at radius 1 is 1.07 bits per heavy atom. The van der Waals surface area contributed by atoms with Crippen molar-refractivity contribution in [1.82, 2.24) is 15.1 Å². The normalized spacial score (nSPS) is 17.0. The predicted molar refractivity (Wildman–Crippen MR) is 115 cm³/mol. The van der Waals surface area contributed by atoms with Crippen LogP contribution >= 0.6 is 0 Å². The van der Waals surface area contributed by atoms with Crippen molar-refractivity contribution in [2.45, 2.75) is 19.9 Å². The molecule has 4 aromatic rings. The molecule has 0 spiro atoms. The van der Waals surface area contributed by atoms with Crippen LogP contribution in [-0.2, 0) is 0 Å². The van der Waals surface area contributed by atoms with Crippen molar-refractivity contribution in [2.24, 2.45) is 0 Å². The summed E-state index contributed by atoms with van der Waals surface area (Å²) in [6, 6.07) is 15.1. The number of nitrogens with zero attached hydrogens (tertiary/aromatic N) is 5. The number of aryl methyl sites for hydroxylation is 1. The third kappa shape index (κ3) is 3.26. The molecule has 1 aliphatic rings. The highest BCUT2D eigenvalue weighted by molar-refractivity contribution is 5.98. The largest absolute Gasteiger partial charge is 0.365 e. The van der Waals surface area contributed by atoms with Gasteiger partial charge in [-0.15, -0.1) is 0 Å². The number of hydrogen-bond acceptors (Lipinski definition) is 6. The summed E-state index contributed by atoms with van der Waals surface area (Å²) in [6.45, 7) is 6.85. The lowest BCUT2D eigenvalue weighted by Gasteiger charge is -2.42. The number of aromatic nitrogens is 3. The molecule has 6 nitrogen and oxygen atoms in total. The maximum absolute atomic E-state index is 13.4. The molecule has 0 bridgehead atoms. The number of anilines is 2. The van der Waals surface area contributed by atoms with Gasteiger partial charge in [-0.25, -0.2) is 9.37 Å². The molecule has 2 aromatic carbocycles. The van der Waals surface area contributed by atoms with Crippen LogP contribution in [0.2, 0.25) is 0 Å². The van der Waals surface area contributed by atoms with Crippen LogP contribution in [0, 0.1) is 12.7 Å². The van der Waals surface area contributed by atoms with Crippen LogP contribution in [0.15, 0.2) is 59.4 Å². The standard InChI is InChI=1S/C23H22FN5O/c1-15-4-3-5-19(12-15)29-11-10-28(13-16(29)2)22-20-21(17-6-8-18(24)9-7-17)27-30-23(20)26-14-25-22/h3-9,12,14,16H,10-11,13H2,1-2H3/t16-/m1/s1. The van der Waals surface area contributed by atoms with E-state index in [1.807, 2.05) is 0 Å². The first-order chi connectivity index (χ1) is 14.6. The van der Waals surface area contributed by atoms with Gasteiger partial charge in [0.15, 0.2) is 0 Å². The average Bonchev–Trinajstić information content (AvgIpc) is 3.18. The molecule has 30 heavy (non-hydrogen) atoms. The molecule has 0 N–H and O–H groups in total. The Morgan fingerprint density at radius 3 is 2.67 bits per heavy atom. The Kier molecular flexibility index (Phi) is 4.58. The topological polar surface area (TPSA) is 58.3 Å². The number of rotatable bonds is 3. The van der Waals surface area contributed by atoms with Gasteiger partial charge in [-0.05, 0) is 55.8 Å². The monoisotopic (exact) mass is 403 g/mol. The first-order valence-corrected chi connectivity index (χ1v) is 10.0. The Hall–Kier alpha value is -3.48. The molecular weight excluding hydrogens is 381 g/mol. The molecule has 0 radical (unpaired) electrons. The van der Waals surface area contributed by atoms with E-state index in [0.717, 1.165) is 36.4 Å². The minimum Gasteiger partial charge on any atom is -0.365 e. The summed E-state index contributed by atoms with van der Waals surface area (Å²) in [5.74, 6) is 0.514. The Balaban J connectivity index is 1.48. The van der Waals surface area contributed by atoms with Gasteiger partial charge in [0.1, 0.15) is 29.0 Å². The van der Waals surface area contributed by atoms with Gasteiger partial charge in [-0.2, -0.15) is 4.98 Å². The molecule has 0 aliphatic carbocycles. The fraction of sp³-hybridized carbons (Fsp3) is 0.261. The molecule has 0 amide bonds. The highest BCUT2D eigenvalue weighted by Crippen LogP contribution is 2.34. The van der Waals surface area contributed by atoms with Crippen LogP contribution in [-0.4, -0.2) is 40.8 Å². The molecular formula is C23H22FN5O. The van der Waals surface area contributed by atoms with Crippen molar-refractivity contribution in [1.29, 1.82) is 0 Å². The van der Waals surface area contributed by atoms with Crippen LogP contribution < -0.4 is 9.80 Å². The van der Waals surface area contributed by atoms with E-state index in [1.54, 1.807) is 12.1 Å². The zero-order valence-electron chi connectivity index (χ0n) is 16.9. The van der Waals surface area contributed by atoms with Crippen LogP contribution in [0.5, 0.6) is 0 Å². The molecule has 1 fully saturated rings. The van der Waals surface area contributed by atoms with Gasteiger partial charge in [-0.3, -0.25) is 0 Å². The van der Waals surface area contributed by atoms with Gasteiger partial charge >= 0.3 is 0 Å². The minimum atomic E-state index is -0.288. The van der Waals surface area contributed by atoms with Crippen molar-refractivity contribution in [3.8, 4) is 11.3 Å². The molecule has 2 aromatic heterocycles. The highest BCUT2D eigenvalue weighted by atomic mass is 19.1. The minimum absolute atomic E-state index is 0.288. The fourth-order valence-electron chi connectivity index (χ4n) is 4.16. The zero-order chi connectivity index (χ0) is 20.7. The second-order valence-corrected chi connectivity index (χ2v) is 7.74. The lowest BCUT2D eigenvalue weighted by Crippen LogP contribution is -2.52. The number of halogens is 1. The van der Waals surface area contributed by atoms with E-state index in [0.29, 0.717) is 17.4 Å². The number of piperazine rings is 1. The fourth-order valence-corrected chi connectivity index (χ4v) is 4.16. The van der Waals surface area contributed by atoms with Crippen molar-refractivity contribution >= 4 is 22.6 Å². The van der Waals surface area contributed by atoms with Gasteiger partial charge in [0, 0.05) is 36.9 Å². The van der Waals surface area contributed by atoms with Crippen LogP contribution in [0.4, 0.5) is 15.9 Å². The van der Waals surface area contributed by atoms with E-state index >= 15 is 0 Å². The Morgan fingerprint density at radius 2 is 1.90 bits per heavy atom. The summed E-state index contributed by atoms with van der Waals surface area (Å²) >= 11 is 0. The first-order valence-electron chi connectivity index (χ1n) is 10.0. The highest BCUT2D eigenvalue weighted by Gasteiger charge is 2.28. The maximum atomic E-state index is 13.4. The van der Waals surface area contributed by atoms with Crippen LogP contribution in [0.3, 0.4) is 0 Å². The van der Waals surface area contributed by atoms with E-state index in [1.165, 1.54) is 29.7 Å². The van der Waals surface area contributed by atoms with Crippen molar-refractivity contribution in [2.75, 3.05) is 29.4 Å². The Labute approximate surface area is 174 Å².